The predicted molar refractivity (Wildman–Crippen MR) is 250 cm³/mol. The zero-order chi connectivity index (χ0) is 48.6. The molecule has 1 aliphatic rings. The maximum atomic E-state index is 14.4. The van der Waals surface area contributed by atoms with Crippen molar-refractivity contribution < 1.29 is 43.7 Å². The Hall–Kier alpha value is -3.42. The quantitative estimate of drug-likeness (QED) is 0.0475. The van der Waals surface area contributed by atoms with E-state index in [2.05, 4.69) is 35.3 Å². The van der Waals surface area contributed by atoms with E-state index in [0.717, 1.165) is 18.4 Å². The molecule has 1 aliphatic heterocycles. The fraction of sp³-hybridized carbons (Fsp3) is 0.787. The summed E-state index contributed by atoms with van der Waals surface area (Å²) in [6.07, 6.45) is -0.751. The number of hydrogen-bond acceptors (Lipinski definition) is 13. The Kier molecular flexibility index (Phi) is 24.2. The van der Waals surface area contributed by atoms with E-state index in [1.165, 1.54) is 7.11 Å². The number of likely N-dealkylation sites (tertiary alicyclic amines) is 1. The summed E-state index contributed by atoms with van der Waals surface area (Å²) in [4.78, 5) is 66.3. The summed E-state index contributed by atoms with van der Waals surface area (Å²) in [5, 5.41) is 30.9. The van der Waals surface area contributed by atoms with Crippen LogP contribution in [0.4, 0.5) is 5.69 Å². The Balaban J connectivity index is 2.20. The maximum Gasteiger partial charge on any atom is 0.266 e. The van der Waals surface area contributed by atoms with E-state index in [0.29, 0.717) is 25.1 Å². The van der Waals surface area contributed by atoms with Gasteiger partial charge < -0.3 is 46.3 Å². The van der Waals surface area contributed by atoms with Crippen molar-refractivity contribution in [1.82, 2.24) is 30.8 Å². The van der Waals surface area contributed by atoms with Crippen LogP contribution in [0.3, 0.4) is 0 Å². The Morgan fingerprint density at radius 2 is 1.50 bits per heavy atom. The largest absolute Gasteiger partial charge is 0.379 e. The summed E-state index contributed by atoms with van der Waals surface area (Å²) < 4.78 is 12.1. The fourth-order valence-corrected chi connectivity index (χ4v) is 8.86. The Bertz CT molecular complexity index is 1560. The van der Waals surface area contributed by atoms with Gasteiger partial charge in [0.05, 0.1) is 49.3 Å². The van der Waals surface area contributed by atoms with Crippen LogP contribution < -0.4 is 27.2 Å². The van der Waals surface area contributed by atoms with Crippen LogP contribution in [0.5, 0.6) is 0 Å². The number of nitrogens with zero attached hydrogens (tertiary/aromatic N) is 3. The first-order chi connectivity index (χ1) is 30.0. The second-order valence-corrected chi connectivity index (χ2v) is 19.2. The third-order valence-corrected chi connectivity index (χ3v) is 12.7. The number of nitrogens with one attached hydrogen (secondary N) is 4. The van der Waals surface area contributed by atoms with Crippen LogP contribution in [0, 0.1) is 29.6 Å². The summed E-state index contributed by atoms with van der Waals surface area (Å²) in [7, 11) is 8.67. The molecule has 2 unspecified atom stereocenters. The van der Waals surface area contributed by atoms with Crippen molar-refractivity contribution in [2.45, 2.75) is 169 Å². The predicted octanol–water partition coefficient (Wildman–Crippen LogP) is 3.28. The van der Waals surface area contributed by atoms with Gasteiger partial charge in [-0.05, 0) is 88.7 Å². The van der Waals surface area contributed by atoms with E-state index in [4.69, 9.17) is 20.0 Å². The van der Waals surface area contributed by atoms with E-state index in [1.807, 2.05) is 72.5 Å². The molecule has 1 aromatic carbocycles. The first kappa shape index (κ1) is 56.7. The molecule has 1 fully saturated rings. The molecule has 12 atom stereocenters. The van der Waals surface area contributed by atoms with Gasteiger partial charge in [-0.25, -0.2) is 5.48 Å². The number of carbonyl (C=O) groups excluding carboxylic acids is 4. The van der Waals surface area contributed by atoms with Gasteiger partial charge in [-0.15, -0.1) is 0 Å². The fourth-order valence-electron chi connectivity index (χ4n) is 8.86. The summed E-state index contributed by atoms with van der Waals surface area (Å²) >= 11 is 0. The van der Waals surface area contributed by atoms with Crippen molar-refractivity contribution >= 4 is 29.3 Å². The van der Waals surface area contributed by atoms with E-state index in [1.54, 1.807) is 50.1 Å². The number of methoxy groups -OCH3 is 2. The van der Waals surface area contributed by atoms with Crippen molar-refractivity contribution in [2.24, 2.45) is 35.3 Å². The van der Waals surface area contributed by atoms with Gasteiger partial charge >= 0.3 is 0 Å². The number of rotatable bonds is 28. The Labute approximate surface area is 384 Å². The van der Waals surface area contributed by atoms with Crippen LogP contribution >= 0.6 is 0 Å². The van der Waals surface area contributed by atoms with Crippen molar-refractivity contribution in [3.05, 3.63) is 29.8 Å². The highest BCUT2D eigenvalue weighted by Gasteiger charge is 2.43. The monoisotopic (exact) mass is 907 g/mol. The molecule has 0 saturated carbocycles. The molecule has 4 amide bonds. The van der Waals surface area contributed by atoms with Crippen LogP contribution in [-0.4, -0.2) is 151 Å². The number of hydroxylamine groups is 1. The number of hydrogen-bond donors (Lipinski definition) is 7. The minimum absolute atomic E-state index is 0.00732. The highest BCUT2D eigenvalue weighted by Crippen LogP contribution is 2.30. The van der Waals surface area contributed by atoms with Gasteiger partial charge in [0.25, 0.3) is 5.91 Å². The lowest BCUT2D eigenvalue weighted by atomic mass is 9.89. The van der Waals surface area contributed by atoms with Crippen LogP contribution in [0.15, 0.2) is 24.3 Å². The van der Waals surface area contributed by atoms with E-state index < -0.39 is 60.7 Å². The summed E-state index contributed by atoms with van der Waals surface area (Å²) in [6.45, 7) is 20.0. The molecule has 0 bridgehead atoms. The molecule has 64 heavy (non-hydrogen) atoms. The van der Waals surface area contributed by atoms with Crippen LogP contribution in [-0.2, 0) is 40.1 Å². The van der Waals surface area contributed by atoms with E-state index in [9.17, 15) is 29.4 Å². The molecule has 368 valence electrons. The van der Waals surface area contributed by atoms with Crippen molar-refractivity contribution in [1.29, 1.82) is 0 Å². The SMILES string of the molecule is CC[C@H](C)[C@@H]([C@@H](CC(=O)N1CCC[C@H]1[C@H](OC)[C@@H](C)C(=O)N[C@@H](CC(C)C)C(=O)NOCc1ccc(NC(O)[C@@H](C)N)cc1)OC)N(C)C(O)[C@@H](NC(=O)[C@H](C(C)C)N(C)C)C(C)C. The third-order valence-electron chi connectivity index (χ3n) is 12.7. The highest BCUT2D eigenvalue weighted by atomic mass is 16.7. The number of carbonyl (C=O) groups is 4. The van der Waals surface area contributed by atoms with Crippen LogP contribution in [0.2, 0.25) is 0 Å². The molecule has 0 radical (unpaired) electrons. The lowest BCUT2D eigenvalue weighted by Crippen LogP contribution is -2.61. The zero-order valence-electron chi connectivity index (χ0n) is 41.6. The van der Waals surface area contributed by atoms with Crippen LogP contribution in [0.1, 0.15) is 107 Å². The number of likely N-dealkylation sites (N-methyl/N-ethyl adjacent to an activating group) is 2. The number of amides is 4. The number of nitrogens with two attached hydrogens (primary N) is 1. The first-order valence-electron chi connectivity index (χ1n) is 23.2. The minimum Gasteiger partial charge on any atom is -0.379 e. The van der Waals surface area contributed by atoms with Gasteiger partial charge in [0.1, 0.15) is 18.5 Å². The van der Waals surface area contributed by atoms with Gasteiger partial charge in [0.2, 0.25) is 17.7 Å². The lowest BCUT2D eigenvalue weighted by molar-refractivity contribution is -0.146. The van der Waals surface area contributed by atoms with Gasteiger partial charge in [0.15, 0.2) is 0 Å². The molecule has 0 aromatic heterocycles. The molecule has 0 spiro atoms. The first-order valence-corrected chi connectivity index (χ1v) is 23.2. The summed E-state index contributed by atoms with van der Waals surface area (Å²) in [5.74, 6) is -1.87. The smallest absolute Gasteiger partial charge is 0.266 e. The van der Waals surface area contributed by atoms with Crippen LogP contribution in [0.25, 0.3) is 0 Å². The summed E-state index contributed by atoms with van der Waals surface area (Å²) in [6, 6.07) is 4.03. The molecule has 1 aromatic rings. The maximum absolute atomic E-state index is 14.4. The normalized spacial score (nSPS) is 19.7. The van der Waals surface area contributed by atoms with Gasteiger partial charge in [-0.3, -0.25) is 33.8 Å². The number of anilines is 1. The second-order valence-electron chi connectivity index (χ2n) is 19.2. The number of aliphatic hydroxyl groups is 2. The Morgan fingerprint density at radius 3 is 2.00 bits per heavy atom. The lowest BCUT2D eigenvalue weighted by Gasteiger charge is -2.44. The summed E-state index contributed by atoms with van der Waals surface area (Å²) in [5.41, 5.74) is 9.67. The van der Waals surface area contributed by atoms with Gasteiger partial charge in [-0.2, -0.15) is 0 Å². The van der Waals surface area contributed by atoms with Crippen molar-refractivity contribution in [3.8, 4) is 0 Å². The molecule has 17 heteroatoms. The molecule has 1 saturated heterocycles. The second kappa shape index (κ2) is 27.3. The van der Waals surface area contributed by atoms with E-state index in [-0.39, 0.29) is 66.5 Å². The molecule has 1 heterocycles. The zero-order valence-corrected chi connectivity index (χ0v) is 41.6. The number of ether oxygens (including phenoxy) is 2. The molecular weight excluding hydrogens is 821 g/mol. The average molecular weight is 907 g/mol. The van der Waals surface area contributed by atoms with Crippen molar-refractivity contribution in [3.63, 3.8) is 0 Å². The molecule has 2 rings (SSSR count). The Morgan fingerprint density at radius 1 is 0.875 bits per heavy atom. The van der Waals surface area contributed by atoms with Gasteiger partial charge in [-0.1, -0.05) is 80.9 Å². The van der Waals surface area contributed by atoms with Gasteiger partial charge in [0, 0.05) is 38.5 Å². The standard InChI is InChI=1S/C47H86N8O9/c1-16-30(8)41(54(13)47(61)39(28(4)5)51-46(60)40(29(6)7)53(11)12)37(62-14)25-38(56)55-23-17-18-36(55)42(63-15)31(9)43(57)50-35(24-27(2)3)45(59)52-64-26-33-19-21-34(22-20-33)49-44(58)32(10)48/h19-22,27-32,35-37,39-42,44,47,49,58,61H,16-18,23-26,48H2,1-15H3,(H,50,57)(H,51,60)(H,52,59)/t30-,31+,32+,35-,36-,37+,39-,40-,41-,42+,44?,47?/m0/s1. The topological polar surface area (TPSA) is 220 Å². The average Bonchev–Trinajstić information content (AvgIpc) is 3.71. The number of benzene rings is 1. The molecule has 0 aliphatic carbocycles. The molecule has 17 nitrogen and oxygen atoms in total. The van der Waals surface area contributed by atoms with Crippen molar-refractivity contribution in [2.75, 3.05) is 47.2 Å². The number of aliphatic hydroxyl groups excluding tert-OH is 2. The minimum atomic E-state index is -1.07. The van der Waals surface area contributed by atoms with E-state index >= 15 is 0 Å². The highest BCUT2D eigenvalue weighted by molar-refractivity contribution is 5.88. The molecule has 8 N–H and O–H groups in total. The molecular formula is C47H86N8O9. The third kappa shape index (κ3) is 16.5.